The smallest absolute Gasteiger partial charge is 0.225 e. The van der Waals surface area contributed by atoms with Gasteiger partial charge >= 0.3 is 0 Å². The zero-order chi connectivity index (χ0) is 23.6. The van der Waals surface area contributed by atoms with Gasteiger partial charge in [0.15, 0.2) is 0 Å². The summed E-state index contributed by atoms with van der Waals surface area (Å²) in [7, 11) is 1.63. The maximum absolute atomic E-state index is 13.4. The first-order chi connectivity index (χ1) is 16.1. The molecule has 1 N–H and O–H groups in total. The number of nitrogens with one attached hydrogen (secondary N) is 1. The Morgan fingerprint density at radius 1 is 1.09 bits per heavy atom. The van der Waals surface area contributed by atoms with E-state index in [-0.39, 0.29) is 23.8 Å². The van der Waals surface area contributed by atoms with Gasteiger partial charge in [-0.05, 0) is 37.0 Å². The Labute approximate surface area is 197 Å². The van der Waals surface area contributed by atoms with Crippen molar-refractivity contribution in [3.05, 3.63) is 65.2 Å². The second kappa shape index (κ2) is 12.4. The lowest BCUT2D eigenvalue weighted by molar-refractivity contribution is -0.143. The molecule has 178 valence electrons. The molecule has 6 heteroatoms. The number of ether oxygens (including phenoxy) is 2. The van der Waals surface area contributed by atoms with Crippen LogP contribution in [0.25, 0.3) is 0 Å². The van der Waals surface area contributed by atoms with Crippen LogP contribution in [0.1, 0.15) is 62.3 Å². The van der Waals surface area contributed by atoms with Gasteiger partial charge in [-0.25, -0.2) is 0 Å². The van der Waals surface area contributed by atoms with Crippen LogP contribution in [0.2, 0.25) is 0 Å². The lowest BCUT2D eigenvalue weighted by Gasteiger charge is -2.41. The summed E-state index contributed by atoms with van der Waals surface area (Å²) in [6, 6.07) is 15.5. The number of hydrogen-bond acceptors (Lipinski definition) is 4. The number of amides is 2. The van der Waals surface area contributed by atoms with Crippen molar-refractivity contribution >= 4 is 11.8 Å². The maximum atomic E-state index is 13.4. The molecular weight excluding hydrogens is 416 g/mol. The number of rotatable bonds is 11. The molecule has 0 bridgehead atoms. The lowest BCUT2D eigenvalue weighted by Crippen LogP contribution is -2.48. The fraction of sp³-hybridized carbons (Fsp3) is 0.481. The Bertz CT molecular complexity index is 913. The van der Waals surface area contributed by atoms with Crippen molar-refractivity contribution in [3.8, 4) is 5.75 Å². The maximum Gasteiger partial charge on any atom is 0.225 e. The number of piperidine rings is 1. The van der Waals surface area contributed by atoms with Crippen molar-refractivity contribution in [2.75, 3.05) is 20.3 Å². The number of unbranched alkanes of at least 4 members (excludes halogenated alkanes) is 1. The minimum atomic E-state index is -0.331. The summed E-state index contributed by atoms with van der Waals surface area (Å²) < 4.78 is 11.0. The Morgan fingerprint density at radius 3 is 2.52 bits per heavy atom. The largest absolute Gasteiger partial charge is 0.496 e. The molecule has 0 aliphatic carbocycles. The minimum absolute atomic E-state index is 0.0294. The standard InChI is InChI=1S/C27H36N2O4/c1-4-6-17-29-25(30)16-15-23(26(29)22-9-7-8-10-24(22)32-3)27(31)28-18-20-11-13-21(14-12-20)19-33-5-2/h7-14,23,26H,4-6,15-19H2,1-3H3,(H,28,31). The topological polar surface area (TPSA) is 67.9 Å². The predicted molar refractivity (Wildman–Crippen MR) is 129 cm³/mol. The number of para-hydroxylation sites is 1. The lowest BCUT2D eigenvalue weighted by atomic mass is 9.83. The highest BCUT2D eigenvalue weighted by molar-refractivity contribution is 5.85. The molecule has 1 aliphatic heterocycles. The SMILES string of the molecule is CCCCN1C(=O)CCC(C(=O)NCc2ccc(COCC)cc2)C1c1ccccc1OC. The van der Waals surface area contributed by atoms with E-state index >= 15 is 0 Å². The average Bonchev–Trinajstić information content (AvgIpc) is 2.85. The van der Waals surface area contributed by atoms with E-state index < -0.39 is 0 Å². The highest BCUT2D eigenvalue weighted by atomic mass is 16.5. The van der Waals surface area contributed by atoms with Crippen molar-refractivity contribution < 1.29 is 19.1 Å². The van der Waals surface area contributed by atoms with E-state index in [1.807, 2.05) is 60.4 Å². The van der Waals surface area contributed by atoms with Crippen molar-refractivity contribution in [1.82, 2.24) is 10.2 Å². The monoisotopic (exact) mass is 452 g/mol. The highest BCUT2D eigenvalue weighted by Gasteiger charge is 2.41. The quantitative estimate of drug-likeness (QED) is 0.540. The predicted octanol–water partition coefficient (Wildman–Crippen LogP) is 4.63. The van der Waals surface area contributed by atoms with Crippen LogP contribution in [0, 0.1) is 5.92 Å². The molecular formula is C27H36N2O4. The number of nitrogens with zero attached hydrogens (tertiary/aromatic N) is 1. The molecule has 1 aliphatic rings. The van der Waals surface area contributed by atoms with E-state index in [9.17, 15) is 9.59 Å². The first-order valence-corrected chi connectivity index (χ1v) is 11.9. The third kappa shape index (κ3) is 6.35. The first kappa shape index (κ1) is 24.8. The molecule has 1 saturated heterocycles. The summed E-state index contributed by atoms with van der Waals surface area (Å²) in [6.45, 7) is 6.45. The second-order valence-electron chi connectivity index (χ2n) is 8.44. The Morgan fingerprint density at radius 2 is 1.82 bits per heavy atom. The number of carbonyl (C=O) groups excluding carboxylic acids is 2. The molecule has 2 unspecified atom stereocenters. The molecule has 0 radical (unpaired) electrons. The normalized spacial score (nSPS) is 18.3. The second-order valence-corrected chi connectivity index (χ2v) is 8.44. The molecule has 33 heavy (non-hydrogen) atoms. The van der Waals surface area contributed by atoms with Crippen molar-refractivity contribution in [1.29, 1.82) is 0 Å². The van der Waals surface area contributed by atoms with Crippen LogP contribution in [0.4, 0.5) is 0 Å². The fourth-order valence-corrected chi connectivity index (χ4v) is 4.41. The number of carbonyl (C=O) groups is 2. The van der Waals surface area contributed by atoms with Gasteiger partial charge in [0, 0.05) is 31.7 Å². The van der Waals surface area contributed by atoms with Gasteiger partial charge < -0.3 is 19.7 Å². The number of hydrogen-bond donors (Lipinski definition) is 1. The van der Waals surface area contributed by atoms with Crippen LogP contribution in [0.5, 0.6) is 5.75 Å². The fourth-order valence-electron chi connectivity index (χ4n) is 4.41. The van der Waals surface area contributed by atoms with Gasteiger partial charge in [-0.2, -0.15) is 0 Å². The molecule has 6 nitrogen and oxygen atoms in total. The molecule has 2 amide bonds. The Kier molecular flexibility index (Phi) is 9.31. The highest BCUT2D eigenvalue weighted by Crippen LogP contribution is 2.40. The summed E-state index contributed by atoms with van der Waals surface area (Å²) in [5.41, 5.74) is 3.04. The molecule has 2 aromatic carbocycles. The van der Waals surface area contributed by atoms with Crippen LogP contribution in [-0.2, 0) is 27.5 Å². The van der Waals surface area contributed by atoms with Gasteiger partial charge in [0.1, 0.15) is 5.75 Å². The van der Waals surface area contributed by atoms with Crippen LogP contribution >= 0.6 is 0 Å². The molecule has 1 heterocycles. The molecule has 2 aromatic rings. The van der Waals surface area contributed by atoms with E-state index in [1.165, 1.54) is 0 Å². The number of benzene rings is 2. The molecule has 3 rings (SSSR count). The van der Waals surface area contributed by atoms with Crippen molar-refractivity contribution in [2.24, 2.45) is 5.92 Å². The van der Waals surface area contributed by atoms with Gasteiger partial charge in [0.2, 0.25) is 11.8 Å². The van der Waals surface area contributed by atoms with Crippen LogP contribution < -0.4 is 10.1 Å². The van der Waals surface area contributed by atoms with Crippen LogP contribution in [0.15, 0.2) is 48.5 Å². The summed E-state index contributed by atoms with van der Waals surface area (Å²) in [5, 5.41) is 3.11. The Hall–Kier alpha value is -2.86. The molecule has 0 saturated carbocycles. The van der Waals surface area contributed by atoms with Gasteiger partial charge in [0.05, 0.1) is 25.7 Å². The van der Waals surface area contributed by atoms with E-state index in [2.05, 4.69) is 12.2 Å². The number of likely N-dealkylation sites (tertiary alicyclic amines) is 1. The zero-order valence-corrected chi connectivity index (χ0v) is 20.0. The van der Waals surface area contributed by atoms with Crippen LogP contribution in [0.3, 0.4) is 0 Å². The number of methoxy groups -OCH3 is 1. The van der Waals surface area contributed by atoms with E-state index in [0.29, 0.717) is 44.9 Å². The van der Waals surface area contributed by atoms with Crippen molar-refractivity contribution in [2.45, 2.75) is 58.7 Å². The summed E-state index contributed by atoms with van der Waals surface area (Å²) in [6.07, 6.45) is 2.81. The van der Waals surface area contributed by atoms with Crippen LogP contribution in [-0.4, -0.2) is 37.0 Å². The molecule has 1 fully saturated rings. The Balaban J connectivity index is 1.78. The zero-order valence-electron chi connectivity index (χ0n) is 20.0. The molecule has 2 atom stereocenters. The summed E-state index contributed by atoms with van der Waals surface area (Å²) >= 11 is 0. The van der Waals surface area contributed by atoms with E-state index in [4.69, 9.17) is 9.47 Å². The van der Waals surface area contributed by atoms with Gasteiger partial charge in [-0.3, -0.25) is 9.59 Å². The van der Waals surface area contributed by atoms with Crippen molar-refractivity contribution in [3.63, 3.8) is 0 Å². The van der Waals surface area contributed by atoms with E-state index in [0.717, 1.165) is 29.5 Å². The van der Waals surface area contributed by atoms with Gasteiger partial charge in [-0.15, -0.1) is 0 Å². The third-order valence-corrected chi connectivity index (χ3v) is 6.22. The summed E-state index contributed by atoms with van der Waals surface area (Å²) in [4.78, 5) is 28.1. The molecule has 0 spiro atoms. The van der Waals surface area contributed by atoms with Gasteiger partial charge in [0.25, 0.3) is 0 Å². The van der Waals surface area contributed by atoms with Gasteiger partial charge in [-0.1, -0.05) is 55.8 Å². The minimum Gasteiger partial charge on any atom is -0.496 e. The molecule has 0 aromatic heterocycles. The third-order valence-electron chi connectivity index (χ3n) is 6.22. The van der Waals surface area contributed by atoms with E-state index in [1.54, 1.807) is 7.11 Å². The summed E-state index contributed by atoms with van der Waals surface area (Å²) in [5.74, 6) is 0.459. The average molecular weight is 453 g/mol. The first-order valence-electron chi connectivity index (χ1n) is 11.9.